The number of carbonyl (C=O) groups excluding carboxylic acids is 1. The van der Waals surface area contributed by atoms with Crippen LogP contribution in [0, 0.1) is 12.8 Å². The standard InChI is InChI=1S/C15H21NO3/c1-3-6-19-14-7-11(2)4-5-13(14)16-9-12(10-17)8-15(16)18/h4-5,7,12,17H,3,6,8-10H2,1-2H3. The highest BCUT2D eigenvalue weighted by Crippen LogP contribution is 2.33. The largest absolute Gasteiger partial charge is 0.491 e. The predicted molar refractivity (Wildman–Crippen MR) is 74.5 cm³/mol. The first-order valence-corrected chi connectivity index (χ1v) is 6.80. The van der Waals surface area contributed by atoms with Gasteiger partial charge >= 0.3 is 0 Å². The second-order valence-electron chi connectivity index (χ2n) is 5.08. The van der Waals surface area contributed by atoms with Crippen LogP contribution >= 0.6 is 0 Å². The van der Waals surface area contributed by atoms with Gasteiger partial charge in [0.15, 0.2) is 0 Å². The van der Waals surface area contributed by atoms with Crippen molar-refractivity contribution in [3.63, 3.8) is 0 Å². The third-order valence-electron chi connectivity index (χ3n) is 3.33. The van der Waals surface area contributed by atoms with E-state index in [1.165, 1.54) is 0 Å². The number of nitrogens with zero attached hydrogens (tertiary/aromatic N) is 1. The zero-order chi connectivity index (χ0) is 13.8. The molecule has 1 amide bonds. The lowest BCUT2D eigenvalue weighted by Crippen LogP contribution is -2.25. The third-order valence-corrected chi connectivity index (χ3v) is 3.33. The van der Waals surface area contributed by atoms with E-state index >= 15 is 0 Å². The summed E-state index contributed by atoms with van der Waals surface area (Å²) in [5.74, 6) is 0.853. The Bertz CT molecular complexity index is 459. The summed E-state index contributed by atoms with van der Waals surface area (Å²) in [6.07, 6.45) is 1.35. The molecule has 1 saturated heterocycles. The highest BCUT2D eigenvalue weighted by atomic mass is 16.5. The fraction of sp³-hybridized carbons (Fsp3) is 0.533. The number of rotatable bonds is 5. The average molecular weight is 263 g/mol. The fourth-order valence-electron chi connectivity index (χ4n) is 2.31. The molecule has 0 spiro atoms. The molecule has 104 valence electrons. The lowest BCUT2D eigenvalue weighted by atomic mass is 10.1. The van der Waals surface area contributed by atoms with Crippen LogP contribution in [0.15, 0.2) is 18.2 Å². The van der Waals surface area contributed by atoms with E-state index in [2.05, 4.69) is 6.92 Å². The molecule has 1 aliphatic heterocycles. The minimum absolute atomic E-state index is 0.0350. The molecular formula is C15H21NO3. The molecule has 4 nitrogen and oxygen atoms in total. The van der Waals surface area contributed by atoms with Gasteiger partial charge in [0.1, 0.15) is 5.75 Å². The maximum absolute atomic E-state index is 12.0. The Balaban J connectivity index is 2.25. The molecule has 0 aliphatic carbocycles. The zero-order valence-electron chi connectivity index (χ0n) is 11.6. The van der Waals surface area contributed by atoms with Gasteiger partial charge in [0.25, 0.3) is 0 Å². The summed E-state index contributed by atoms with van der Waals surface area (Å²) in [4.78, 5) is 13.7. The predicted octanol–water partition coefficient (Wildman–Crippen LogP) is 2.13. The van der Waals surface area contributed by atoms with Crippen molar-refractivity contribution < 1.29 is 14.6 Å². The molecule has 1 aromatic rings. The van der Waals surface area contributed by atoms with Gasteiger partial charge in [0.05, 0.1) is 12.3 Å². The molecule has 4 heteroatoms. The maximum atomic E-state index is 12.0. The molecule has 0 radical (unpaired) electrons. The van der Waals surface area contributed by atoms with Crippen LogP contribution in [0.2, 0.25) is 0 Å². The van der Waals surface area contributed by atoms with E-state index in [4.69, 9.17) is 4.74 Å². The number of amides is 1. The summed E-state index contributed by atoms with van der Waals surface area (Å²) in [5.41, 5.74) is 1.93. The van der Waals surface area contributed by atoms with Crippen LogP contribution in [-0.2, 0) is 4.79 Å². The molecule has 19 heavy (non-hydrogen) atoms. The van der Waals surface area contributed by atoms with Crippen LogP contribution in [0.4, 0.5) is 5.69 Å². The van der Waals surface area contributed by atoms with E-state index in [-0.39, 0.29) is 18.4 Å². The number of carbonyl (C=O) groups is 1. The van der Waals surface area contributed by atoms with Gasteiger partial charge in [-0.25, -0.2) is 0 Å². The first-order valence-electron chi connectivity index (χ1n) is 6.80. The lowest BCUT2D eigenvalue weighted by molar-refractivity contribution is -0.117. The van der Waals surface area contributed by atoms with Crippen molar-refractivity contribution in [2.45, 2.75) is 26.7 Å². The van der Waals surface area contributed by atoms with Crippen molar-refractivity contribution in [2.75, 3.05) is 24.7 Å². The Kier molecular flexibility index (Phi) is 4.43. The normalized spacial score (nSPS) is 19.0. The first-order chi connectivity index (χ1) is 9.15. The molecular weight excluding hydrogens is 242 g/mol. The monoisotopic (exact) mass is 263 g/mol. The summed E-state index contributed by atoms with van der Waals surface area (Å²) >= 11 is 0. The van der Waals surface area contributed by atoms with Crippen molar-refractivity contribution in [2.24, 2.45) is 5.92 Å². The fourth-order valence-corrected chi connectivity index (χ4v) is 2.31. The van der Waals surface area contributed by atoms with Crippen molar-refractivity contribution >= 4 is 11.6 Å². The SMILES string of the molecule is CCCOc1cc(C)ccc1N1CC(CO)CC1=O. The number of anilines is 1. The molecule has 1 aliphatic rings. The molecule has 1 aromatic carbocycles. The minimum Gasteiger partial charge on any atom is -0.491 e. The minimum atomic E-state index is 0.0350. The second-order valence-corrected chi connectivity index (χ2v) is 5.08. The van der Waals surface area contributed by atoms with Crippen LogP contribution in [0.3, 0.4) is 0 Å². The summed E-state index contributed by atoms with van der Waals surface area (Å²) < 4.78 is 5.74. The number of hydrogen-bond donors (Lipinski definition) is 1. The van der Waals surface area contributed by atoms with E-state index < -0.39 is 0 Å². The summed E-state index contributed by atoms with van der Waals surface area (Å²) in [5, 5.41) is 9.19. The van der Waals surface area contributed by atoms with Gasteiger partial charge in [0.2, 0.25) is 5.91 Å². The first kappa shape index (κ1) is 13.9. The van der Waals surface area contributed by atoms with Crippen LogP contribution in [0.25, 0.3) is 0 Å². The number of aryl methyl sites for hydroxylation is 1. The number of aliphatic hydroxyl groups is 1. The molecule has 1 fully saturated rings. The molecule has 0 aromatic heterocycles. The molecule has 1 atom stereocenters. The lowest BCUT2D eigenvalue weighted by Gasteiger charge is -2.20. The van der Waals surface area contributed by atoms with E-state index in [1.54, 1.807) is 4.90 Å². The highest BCUT2D eigenvalue weighted by Gasteiger charge is 2.31. The topological polar surface area (TPSA) is 49.8 Å². The van der Waals surface area contributed by atoms with Gasteiger partial charge in [-0.05, 0) is 31.0 Å². The number of benzene rings is 1. The van der Waals surface area contributed by atoms with Crippen molar-refractivity contribution in [1.29, 1.82) is 0 Å². The summed E-state index contributed by atoms with van der Waals surface area (Å²) in [6, 6.07) is 5.87. The molecule has 1 unspecified atom stereocenters. The summed E-state index contributed by atoms with van der Waals surface area (Å²) in [7, 11) is 0. The van der Waals surface area contributed by atoms with Crippen molar-refractivity contribution in [1.82, 2.24) is 0 Å². The van der Waals surface area contributed by atoms with Crippen molar-refractivity contribution in [3.8, 4) is 5.75 Å². The van der Waals surface area contributed by atoms with E-state index in [0.717, 1.165) is 23.4 Å². The van der Waals surface area contributed by atoms with Gasteiger partial charge in [-0.15, -0.1) is 0 Å². The third kappa shape index (κ3) is 3.07. The maximum Gasteiger partial charge on any atom is 0.227 e. The zero-order valence-corrected chi connectivity index (χ0v) is 11.6. The molecule has 2 rings (SSSR count). The summed E-state index contributed by atoms with van der Waals surface area (Å²) in [6.45, 7) is 5.32. The molecule has 1 N–H and O–H groups in total. The number of ether oxygens (including phenoxy) is 1. The van der Waals surface area contributed by atoms with Crippen LogP contribution in [-0.4, -0.2) is 30.8 Å². The Hall–Kier alpha value is -1.55. The van der Waals surface area contributed by atoms with Crippen LogP contribution in [0.1, 0.15) is 25.3 Å². The van der Waals surface area contributed by atoms with Gasteiger partial charge in [0, 0.05) is 25.5 Å². The Morgan fingerprint density at radius 3 is 2.89 bits per heavy atom. The van der Waals surface area contributed by atoms with Crippen molar-refractivity contribution in [3.05, 3.63) is 23.8 Å². The van der Waals surface area contributed by atoms with Crippen LogP contribution < -0.4 is 9.64 Å². The van der Waals surface area contributed by atoms with E-state index in [0.29, 0.717) is 19.6 Å². The smallest absolute Gasteiger partial charge is 0.227 e. The number of hydrogen-bond acceptors (Lipinski definition) is 3. The number of aliphatic hydroxyl groups excluding tert-OH is 1. The molecule has 0 bridgehead atoms. The van der Waals surface area contributed by atoms with Gasteiger partial charge in [-0.1, -0.05) is 13.0 Å². The quantitative estimate of drug-likeness (QED) is 0.885. The van der Waals surface area contributed by atoms with Gasteiger partial charge in [-0.2, -0.15) is 0 Å². The molecule has 0 saturated carbocycles. The average Bonchev–Trinajstić information content (AvgIpc) is 2.78. The Labute approximate surface area is 114 Å². The van der Waals surface area contributed by atoms with Crippen LogP contribution in [0.5, 0.6) is 5.75 Å². The second kappa shape index (κ2) is 6.06. The van der Waals surface area contributed by atoms with E-state index in [9.17, 15) is 9.90 Å². The Morgan fingerprint density at radius 2 is 2.26 bits per heavy atom. The van der Waals surface area contributed by atoms with Gasteiger partial charge in [-0.3, -0.25) is 4.79 Å². The van der Waals surface area contributed by atoms with E-state index in [1.807, 2.05) is 25.1 Å². The Morgan fingerprint density at radius 1 is 1.47 bits per heavy atom. The molecule has 1 heterocycles. The highest BCUT2D eigenvalue weighted by molar-refractivity contribution is 5.97. The van der Waals surface area contributed by atoms with Gasteiger partial charge < -0.3 is 14.7 Å².